The van der Waals surface area contributed by atoms with Crippen LogP contribution in [0.5, 0.6) is 0 Å². The third kappa shape index (κ3) is 4.98. The molecule has 0 bridgehead atoms. The van der Waals surface area contributed by atoms with E-state index in [0.29, 0.717) is 11.3 Å². The van der Waals surface area contributed by atoms with E-state index in [9.17, 15) is 9.59 Å². The van der Waals surface area contributed by atoms with Crippen molar-refractivity contribution in [1.29, 1.82) is 0 Å². The molecule has 2 aromatic carbocycles. The van der Waals surface area contributed by atoms with Gasteiger partial charge in [-0.2, -0.15) is 11.3 Å². The number of carbonyl (C=O) groups excluding carboxylic acids is 2. The molecule has 3 N–H and O–H groups in total. The number of fused-ring (bicyclic) bond motifs is 1. The molecule has 168 valence electrons. The lowest BCUT2D eigenvalue weighted by atomic mass is 9.99. The van der Waals surface area contributed by atoms with E-state index in [1.807, 2.05) is 53.2 Å². The first-order valence-corrected chi connectivity index (χ1v) is 12.3. The number of nitrogens with zero attached hydrogens (tertiary/aromatic N) is 1. The first-order chi connectivity index (χ1) is 16.2. The molecule has 0 aliphatic heterocycles. The number of amides is 2. The molecule has 0 atom stereocenters. The van der Waals surface area contributed by atoms with Crippen LogP contribution in [0.2, 0.25) is 0 Å². The van der Waals surface area contributed by atoms with Gasteiger partial charge >= 0.3 is 0 Å². The Morgan fingerprint density at radius 1 is 0.909 bits per heavy atom. The molecule has 0 unspecified atom stereocenters. The van der Waals surface area contributed by atoms with E-state index in [-0.39, 0.29) is 17.7 Å². The lowest BCUT2D eigenvalue weighted by Gasteiger charge is -2.14. The maximum absolute atomic E-state index is 12.6. The molecular formula is C26H26N4O2S. The summed E-state index contributed by atoms with van der Waals surface area (Å²) in [4.78, 5) is 32.9. The van der Waals surface area contributed by atoms with E-state index < -0.39 is 0 Å². The number of aromatic nitrogens is 2. The molecule has 2 heterocycles. The first kappa shape index (κ1) is 21.4. The van der Waals surface area contributed by atoms with Gasteiger partial charge in [0, 0.05) is 28.2 Å². The normalized spacial score (nSPS) is 14.7. The number of thiophene rings is 1. The van der Waals surface area contributed by atoms with Crippen LogP contribution in [0.1, 0.15) is 48.9 Å². The zero-order valence-corrected chi connectivity index (χ0v) is 19.1. The van der Waals surface area contributed by atoms with E-state index in [1.54, 1.807) is 6.07 Å². The first-order valence-electron chi connectivity index (χ1n) is 11.4. The molecule has 1 aliphatic carbocycles. The maximum Gasteiger partial charge on any atom is 0.256 e. The van der Waals surface area contributed by atoms with Gasteiger partial charge in [-0.1, -0.05) is 25.7 Å². The minimum atomic E-state index is -0.128. The van der Waals surface area contributed by atoms with Crippen molar-refractivity contribution < 1.29 is 9.59 Å². The summed E-state index contributed by atoms with van der Waals surface area (Å²) in [6, 6.07) is 15.2. The van der Waals surface area contributed by atoms with Crippen LogP contribution in [-0.4, -0.2) is 21.8 Å². The Bertz CT molecular complexity index is 1250. The van der Waals surface area contributed by atoms with Crippen LogP contribution in [0, 0.1) is 5.92 Å². The second kappa shape index (κ2) is 9.58. The molecular weight excluding hydrogens is 432 g/mol. The Kier molecular flexibility index (Phi) is 6.21. The zero-order valence-electron chi connectivity index (χ0n) is 18.3. The van der Waals surface area contributed by atoms with Gasteiger partial charge in [-0.05, 0) is 66.8 Å². The smallest absolute Gasteiger partial charge is 0.256 e. The summed E-state index contributed by atoms with van der Waals surface area (Å²) in [7, 11) is 0. The second-order valence-corrected chi connectivity index (χ2v) is 9.32. The summed E-state index contributed by atoms with van der Waals surface area (Å²) in [6.45, 7) is 0. The predicted octanol–water partition coefficient (Wildman–Crippen LogP) is 6.45. The van der Waals surface area contributed by atoms with Crippen LogP contribution >= 0.6 is 11.3 Å². The highest BCUT2D eigenvalue weighted by molar-refractivity contribution is 7.08. The van der Waals surface area contributed by atoms with Gasteiger partial charge in [0.15, 0.2) is 0 Å². The van der Waals surface area contributed by atoms with Gasteiger partial charge in [0.2, 0.25) is 5.91 Å². The van der Waals surface area contributed by atoms with Crippen LogP contribution in [0.25, 0.3) is 22.4 Å². The number of anilines is 2. The molecule has 2 aromatic heterocycles. The molecule has 6 nitrogen and oxygen atoms in total. The molecule has 7 heteroatoms. The Balaban J connectivity index is 1.27. The third-order valence-electron chi connectivity index (χ3n) is 6.17. The molecule has 2 amide bonds. The standard InChI is InChI=1S/C26H26N4O2S/c31-25(18-5-3-1-2-4-6-18)27-20-9-7-17(8-10-20)24-29-22-12-11-21(15-23(22)30-24)28-26(32)19-13-14-33-16-19/h7-16,18H,1-6H2,(H,27,31)(H,28,32)(H,29,30). The lowest BCUT2D eigenvalue weighted by molar-refractivity contribution is -0.120. The zero-order chi connectivity index (χ0) is 22.6. The van der Waals surface area contributed by atoms with Crippen LogP contribution in [-0.2, 0) is 4.79 Å². The van der Waals surface area contributed by atoms with Crippen molar-refractivity contribution in [3.05, 3.63) is 64.9 Å². The molecule has 0 spiro atoms. The van der Waals surface area contributed by atoms with Gasteiger partial charge in [-0.3, -0.25) is 9.59 Å². The molecule has 1 fully saturated rings. The van der Waals surface area contributed by atoms with Gasteiger partial charge < -0.3 is 15.6 Å². The van der Waals surface area contributed by atoms with Crippen LogP contribution < -0.4 is 10.6 Å². The van der Waals surface area contributed by atoms with Gasteiger partial charge in [0.25, 0.3) is 5.91 Å². The molecule has 33 heavy (non-hydrogen) atoms. The third-order valence-corrected chi connectivity index (χ3v) is 6.86. The minimum absolute atomic E-state index is 0.122. The van der Waals surface area contributed by atoms with Crippen molar-refractivity contribution in [3.63, 3.8) is 0 Å². The van der Waals surface area contributed by atoms with E-state index >= 15 is 0 Å². The average molecular weight is 459 g/mol. The van der Waals surface area contributed by atoms with Gasteiger partial charge in [-0.15, -0.1) is 0 Å². The van der Waals surface area contributed by atoms with Crippen molar-refractivity contribution in [2.45, 2.75) is 38.5 Å². The van der Waals surface area contributed by atoms with Gasteiger partial charge in [0.05, 0.1) is 16.6 Å². The summed E-state index contributed by atoms with van der Waals surface area (Å²) in [5.74, 6) is 0.868. The van der Waals surface area contributed by atoms with E-state index in [1.165, 1.54) is 24.2 Å². The Morgan fingerprint density at radius 3 is 2.39 bits per heavy atom. The number of H-pyrrole nitrogens is 1. The predicted molar refractivity (Wildman–Crippen MR) is 134 cm³/mol. The summed E-state index contributed by atoms with van der Waals surface area (Å²) >= 11 is 1.49. The number of hydrogen-bond acceptors (Lipinski definition) is 4. The SMILES string of the molecule is O=C(Nc1ccc2nc(-c3ccc(NC(=O)C4CCCCCC4)cc3)[nH]c2c1)c1ccsc1. The summed E-state index contributed by atoms with van der Waals surface area (Å²) in [5, 5.41) is 9.70. The fourth-order valence-corrected chi connectivity index (χ4v) is 4.95. The van der Waals surface area contributed by atoms with Crippen molar-refractivity contribution >= 4 is 45.6 Å². The molecule has 1 saturated carbocycles. The number of carbonyl (C=O) groups is 2. The Morgan fingerprint density at radius 2 is 1.67 bits per heavy atom. The largest absolute Gasteiger partial charge is 0.338 e. The maximum atomic E-state index is 12.6. The molecule has 5 rings (SSSR count). The lowest BCUT2D eigenvalue weighted by Crippen LogP contribution is -2.22. The van der Waals surface area contributed by atoms with E-state index in [0.717, 1.165) is 53.8 Å². The highest BCUT2D eigenvalue weighted by Gasteiger charge is 2.20. The van der Waals surface area contributed by atoms with Crippen molar-refractivity contribution in [2.75, 3.05) is 10.6 Å². The topological polar surface area (TPSA) is 86.9 Å². The summed E-state index contributed by atoms with van der Waals surface area (Å²) < 4.78 is 0. The van der Waals surface area contributed by atoms with E-state index in [4.69, 9.17) is 0 Å². The van der Waals surface area contributed by atoms with Gasteiger partial charge in [-0.25, -0.2) is 4.98 Å². The minimum Gasteiger partial charge on any atom is -0.338 e. The number of rotatable bonds is 5. The molecule has 4 aromatic rings. The number of imidazole rings is 1. The summed E-state index contributed by atoms with van der Waals surface area (Å²) in [5.41, 5.74) is 4.77. The quantitative estimate of drug-likeness (QED) is 0.300. The number of hydrogen-bond donors (Lipinski definition) is 3. The van der Waals surface area contributed by atoms with Crippen molar-refractivity contribution in [3.8, 4) is 11.4 Å². The van der Waals surface area contributed by atoms with Crippen molar-refractivity contribution in [1.82, 2.24) is 9.97 Å². The molecule has 0 radical (unpaired) electrons. The average Bonchev–Trinajstić information content (AvgIpc) is 3.43. The highest BCUT2D eigenvalue weighted by atomic mass is 32.1. The molecule has 1 aliphatic rings. The fourth-order valence-electron chi connectivity index (χ4n) is 4.32. The Labute approximate surface area is 196 Å². The number of aromatic amines is 1. The van der Waals surface area contributed by atoms with Gasteiger partial charge in [0.1, 0.15) is 5.82 Å². The van der Waals surface area contributed by atoms with Crippen LogP contribution in [0.4, 0.5) is 11.4 Å². The number of nitrogens with one attached hydrogen (secondary N) is 3. The fraction of sp³-hybridized carbons (Fsp3) is 0.269. The summed E-state index contributed by atoms with van der Waals surface area (Å²) in [6.07, 6.45) is 6.72. The highest BCUT2D eigenvalue weighted by Crippen LogP contribution is 2.26. The van der Waals surface area contributed by atoms with Crippen LogP contribution in [0.3, 0.4) is 0 Å². The second-order valence-electron chi connectivity index (χ2n) is 8.54. The molecule has 0 saturated heterocycles. The van der Waals surface area contributed by atoms with Crippen molar-refractivity contribution in [2.24, 2.45) is 5.92 Å². The number of benzene rings is 2. The Hall–Kier alpha value is -3.45. The monoisotopic (exact) mass is 458 g/mol. The van der Waals surface area contributed by atoms with E-state index in [2.05, 4.69) is 20.6 Å². The van der Waals surface area contributed by atoms with Crippen LogP contribution in [0.15, 0.2) is 59.3 Å².